The average Bonchev–Trinajstić information content (AvgIpc) is 3.34. The van der Waals surface area contributed by atoms with Crippen LogP contribution in [0.2, 0.25) is 0 Å². The molecule has 3 fully saturated rings. The molecule has 3 aliphatic rings. The van der Waals surface area contributed by atoms with Crippen molar-refractivity contribution in [3.8, 4) is 0 Å². The van der Waals surface area contributed by atoms with E-state index >= 15 is 0 Å². The quantitative estimate of drug-likeness (QED) is 0.709. The molecule has 0 radical (unpaired) electrons. The Labute approximate surface area is 179 Å². The molecule has 3 saturated carbocycles. The highest BCUT2D eigenvalue weighted by Crippen LogP contribution is 2.63. The van der Waals surface area contributed by atoms with Gasteiger partial charge in [0.1, 0.15) is 13.2 Å². The molecule has 1 N–H and O–H groups in total. The highest BCUT2D eigenvalue weighted by Gasteiger charge is 2.57. The van der Waals surface area contributed by atoms with Crippen molar-refractivity contribution in [3.05, 3.63) is 12.4 Å². The first-order chi connectivity index (χ1) is 14.2. The van der Waals surface area contributed by atoms with E-state index in [2.05, 4.69) is 24.2 Å². The van der Waals surface area contributed by atoms with Crippen LogP contribution >= 0.6 is 0 Å². The van der Waals surface area contributed by atoms with Gasteiger partial charge < -0.3 is 5.11 Å². The van der Waals surface area contributed by atoms with E-state index in [0.29, 0.717) is 48.3 Å². The minimum absolute atomic E-state index is 0.0917. The lowest BCUT2D eigenvalue weighted by atomic mass is 9.50. The molecule has 4 rings (SSSR count). The average molecular weight is 420 g/mol. The zero-order valence-electron chi connectivity index (χ0n) is 18.8. The summed E-state index contributed by atoms with van der Waals surface area (Å²) in [5.41, 5.74) is -1.10. The van der Waals surface area contributed by atoms with Crippen LogP contribution in [0.25, 0.3) is 0 Å². The highest BCUT2D eigenvalue weighted by molar-refractivity contribution is 5.82. The van der Waals surface area contributed by atoms with Gasteiger partial charge in [-0.3, -0.25) is 4.79 Å². The Balaban J connectivity index is 1.47. The van der Waals surface area contributed by atoms with Crippen LogP contribution in [-0.4, -0.2) is 38.2 Å². The summed E-state index contributed by atoms with van der Waals surface area (Å²) in [5, 5.41) is 18.0. The molecule has 0 saturated heterocycles. The smallest absolute Gasteiger partial charge is 0.157 e. The van der Waals surface area contributed by atoms with Crippen molar-refractivity contribution in [1.82, 2.24) is 15.0 Å². The fourth-order valence-corrected chi connectivity index (χ4v) is 7.51. The molecular weight excluding hydrogens is 381 g/mol. The predicted molar refractivity (Wildman–Crippen MR) is 113 cm³/mol. The van der Waals surface area contributed by atoms with Gasteiger partial charge >= 0.3 is 0 Å². The normalized spacial score (nSPS) is 40.4. The number of rotatable bonds is 7. The number of aliphatic hydroxyl groups is 1. The molecule has 168 valence electrons. The van der Waals surface area contributed by atoms with E-state index in [0.717, 1.165) is 32.1 Å². The summed E-state index contributed by atoms with van der Waals surface area (Å²) >= 11 is 0. The molecule has 1 aromatic heterocycles. The van der Waals surface area contributed by atoms with Crippen molar-refractivity contribution in [2.75, 3.05) is 6.67 Å². The van der Waals surface area contributed by atoms with Crippen LogP contribution in [0.3, 0.4) is 0 Å². The maximum atomic E-state index is 13.1. The molecule has 0 spiro atoms. The number of carbonyl (C=O) groups is 1. The Morgan fingerprint density at radius 1 is 1.27 bits per heavy atom. The molecule has 8 atom stereocenters. The second-order valence-corrected chi connectivity index (χ2v) is 11.1. The Hall–Kier alpha value is -1.30. The number of ketones is 1. The second kappa shape index (κ2) is 8.33. The number of Topliss-reactive ketones (excluding diaryl/α,β-unsaturated/α-hetero) is 1. The SMILES string of the molecule is C[C@H]1CC[C@@H]2[C@H](CC[C@]3(C)[C@@H](C(=O)Cn4ccnn4)CC[C@@H]23)[C@H]1CCC(C)(O)CF. The predicted octanol–water partition coefficient (Wildman–Crippen LogP) is 4.45. The minimum atomic E-state index is -1.19. The Morgan fingerprint density at radius 2 is 2.07 bits per heavy atom. The van der Waals surface area contributed by atoms with Crippen molar-refractivity contribution in [3.63, 3.8) is 0 Å². The molecule has 3 aliphatic carbocycles. The molecule has 0 aliphatic heterocycles. The number of fused-ring (bicyclic) bond motifs is 3. The van der Waals surface area contributed by atoms with E-state index in [9.17, 15) is 14.3 Å². The third-order valence-electron chi connectivity index (χ3n) is 9.21. The second-order valence-electron chi connectivity index (χ2n) is 11.1. The molecule has 30 heavy (non-hydrogen) atoms. The molecule has 0 amide bonds. The summed E-state index contributed by atoms with van der Waals surface area (Å²) in [7, 11) is 0. The topological polar surface area (TPSA) is 68.0 Å². The highest BCUT2D eigenvalue weighted by atomic mass is 19.1. The molecule has 6 heteroatoms. The Bertz CT molecular complexity index is 737. The first-order valence-corrected chi connectivity index (χ1v) is 11.9. The van der Waals surface area contributed by atoms with Crippen molar-refractivity contribution >= 4 is 5.78 Å². The third kappa shape index (κ3) is 3.96. The zero-order valence-corrected chi connectivity index (χ0v) is 18.8. The standard InChI is InChI=1S/C24H38FN3O2/c1-16-4-5-19-18(17(16)8-10-23(2,30)15-25)9-11-24(3)20(19)6-7-21(24)22(29)14-28-13-12-26-27-28/h12-13,16-21,30H,4-11,14-15H2,1-3H3/t16-,17-,18+,19+,20-,21+,23?,24-/m0/s1. The van der Waals surface area contributed by atoms with E-state index in [4.69, 9.17) is 0 Å². The van der Waals surface area contributed by atoms with Gasteiger partial charge in [0.15, 0.2) is 5.78 Å². The fraction of sp³-hybridized carbons (Fsp3) is 0.875. The third-order valence-corrected chi connectivity index (χ3v) is 9.21. The molecule has 1 heterocycles. The van der Waals surface area contributed by atoms with Gasteiger partial charge in [0.05, 0.1) is 11.8 Å². The molecule has 0 bridgehead atoms. The lowest BCUT2D eigenvalue weighted by Crippen LogP contribution is -2.48. The number of nitrogens with zero attached hydrogens (tertiary/aromatic N) is 3. The van der Waals surface area contributed by atoms with Crippen LogP contribution in [0.4, 0.5) is 4.39 Å². The van der Waals surface area contributed by atoms with Gasteiger partial charge in [-0.2, -0.15) is 0 Å². The monoisotopic (exact) mass is 419 g/mol. The van der Waals surface area contributed by atoms with E-state index in [1.165, 1.54) is 12.8 Å². The molecule has 1 unspecified atom stereocenters. The van der Waals surface area contributed by atoms with Crippen molar-refractivity contribution in [2.24, 2.45) is 40.9 Å². The molecule has 0 aromatic carbocycles. The minimum Gasteiger partial charge on any atom is -0.387 e. The summed E-state index contributed by atoms with van der Waals surface area (Å²) in [4.78, 5) is 13.1. The largest absolute Gasteiger partial charge is 0.387 e. The van der Waals surface area contributed by atoms with Crippen LogP contribution in [0.1, 0.15) is 72.1 Å². The summed E-state index contributed by atoms with van der Waals surface area (Å²) in [6.07, 6.45) is 11.7. The van der Waals surface area contributed by atoms with Crippen LogP contribution in [-0.2, 0) is 11.3 Å². The van der Waals surface area contributed by atoms with Gasteiger partial charge in [-0.1, -0.05) is 25.5 Å². The summed E-state index contributed by atoms with van der Waals surface area (Å²) in [6, 6.07) is 0. The van der Waals surface area contributed by atoms with E-state index in [1.807, 2.05) is 0 Å². The van der Waals surface area contributed by atoms with Gasteiger partial charge in [-0.05, 0) is 86.9 Å². The van der Waals surface area contributed by atoms with Crippen LogP contribution in [0.15, 0.2) is 12.4 Å². The number of hydrogen-bond donors (Lipinski definition) is 1. The number of aromatic nitrogens is 3. The van der Waals surface area contributed by atoms with E-state index in [-0.39, 0.29) is 11.3 Å². The van der Waals surface area contributed by atoms with Crippen LogP contribution < -0.4 is 0 Å². The Kier molecular flexibility index (Phi) is 6.08. The first-order valence-electron chi connectivity index (χ1n) is 11.9. The van der Waals surface area contributed by atoms with Crippen molar-refractivity contribution in [2.45, 2.75) is 84.3 Å². The summed E-state index contributed by atoms with van der Waals surface area (Å²) in [5.74, 6) is 3.57. The van der Waals surface area contributed by atoms with Gasteiger partial charge in [0.25, 0.3) is 0 Å². The maximum Gasteiger partial charge on any atom is 0.157 e. The molecular formula is C24H38FN3O2. The zero-order chi connectivity index (χ0) is 21.5. The first kappa shape index (κ1) is 21.9. The fourth-order valence-electron chi connectivity index (χ4n) is 7.51. The summed E-state index contributed by atoms with van der Waals surface area (Å²) in [6.45, 7) is 6.00. The van der Waals surface area contributed by atoms with Crippen LogP contribution in [0, 0.1) is 40.9 Å². The lowest BCUT2D eigenvalue weighted by Gasteiger charge is -2.54. The molecule has 5 nitrogen and oxygen atoms in total. The van der Waals surface area contributed by atoms with E-state index < -0.39 is 12.3 Å². The number of hydrogen-bond acceptors (Lipinski definition) is 4. The van der Waals surface area contributed by atoms with Gasteiger partial charge in [0.2, 0.25) is 0 Å². The number of halogens is 1. The maximum absolute atomic E-state index is 13.1. The van der Waals surface area contributed by atoms with E-state index in [1.54, 1.807) is 24.0 Å². The molecule has 1 aromatic rings. The van der Waals surface area contributed by atoms with Crippen molar-refractivity contribution in [1.29, 1.82) is 0 Å². The number of carbonyl (C=O) groups excluding carboxylic acids is 1. The van der Waals surface area contributed by atoms with Crippen molar-refractivity contribution < 1.29 is 14.3 Å². The Morgan fingerprint density at radius 3 is 2.77 bits per heavy atom. The van der Waals surface area contributed by atoms with Gasteiger partial charge in [0, 0.05) is 12.1 Å². The number of alkyl halides is 1. The van der Waals surface area contributed by atoms with Gasteiger partial charge in [-0.25, -0.2) is 9.07 Å². The van der Waals surface area contributed by atoms with Crippen LogP contribution in [0.5, 0.6) is 0 Å². The lowest BCUT2D eigenvalue weighted by molar-refractivity contribution is -0.130. The van der Waals surface area contributed by atoms with Gasteiger partial charge in [-0.15, -0.1) is 5.10 Å². The summed E-state index contributed by atoms with van der Waals surface area (Å²) < 4.78 is 14.8.